The number of fused-ring (bicyclic) bond motifs is 1. The molecule has 1 atom stereocenters. The number of ether oxygens (including phenoxy) is 1. The van der Waals surface area contributed by atoms with E-state index in [-0.39, 0.29) is 5.78 Å². The number of rotatable bonds is 4. The van der Waals surface area contributed by atoms with Crippen LogP contribution in [-0.4, -0.2) is 22.8 Å². The molecular weight excluding hydrogens is 262 g/mol. The second-order valence-corrected chi connectivity index (χ2v) is 5.11. The summed E-state index contributed by atoms with van der Waals surface area (Å²) in [5.74, 6) is -0.719. The molecule has 5 heteroatoms. The van der Waals surface area contributed by atoms with E-state index in [0.29, 0.717) is 0 Å². The standard InChI is InChI=1S/C14H13NO3S/c1-9(16)10(2)18-14(17)8-7-13-15-11-5-3-4-6-12(11)19-13/h3-8,10H,1-2H3/b8-7+. The van der Waals surface area contributed by atoms with E-state index in [4.69, 9.17) is 4.74 Å². The summed E-state index contributed by atoms with van der Waals surface area (Å²) in [6, 6.07) is 7.75. The number of ketones is 1. The first-order valence-electron chi connectivity index (χ1n) is 5.81. The van der Waals surface area contributed by atoms with Crippen molar-refractivity contribution >= 4 is 39.4 Å². The molecule has 0 saturated carbocycles. The van der Waals surface area contributed by atoms with Crippen molar-refractivity contribution in [2.75, 3.05) is 0 Å². The Kier molecular flexibility index (Phi) is 4.06. The van der Waals surface area contributed by atoms with E-state index in [1.165, 1.54) is 24.3 Å². The van der Waals surface area contributed by atoms with Gasteiger partial charge in [-0.25, -0.2) is 9.78 Å². The smallest absolute Gasteiger partial charge is 0.331 e. The van der Waals surface area contributed by atoms with E-state index in [1.807, 2.05) is 24.3 Å². The largest absolute Gasteiger partial charge is 0.452 e. The highest BCUT2D eigenvalue weighted by Gasteiger charge is 2.11. The number of carbonyl (C=O) groups excluding carboxylic acids is 2. The Morgan fingerprint density at radius 3 is 2.79 bits per heavy atom. The fourth-order valence-corrected chi connectivity index (χ4v) is 2.27. The van der Waals surface area contributed by atoms with E-state index in [2.05, 4.69) is 4.98 Å². The monoisotopic (exact) mass is 275 g/mol. The summed E-state index contributed by atoms with van der Waals surface area (Å²) >= 11 is 1.49. The second-order valence-electron chi connectivity index (χ2n) is 4.04. The Labute approximate surface area is 114 Å². The number of Topliss-reactive ketones (excluding diaryl/α,β-unsaturated/α-hetero) is 1. The lowest BCUT2D eigenvalue weighted by Gasteiger charge is -2.06. The number of aromatic nitrogens is 1. The number of para-hydroxylation sites is 1. The third kappa shape index (κ3) is 3.48. The molecule has 0 fully saturated rings. The first-order valence-corrected chi connectivity index (χ1v) is 6.62. The molecule has 0 spiro atoms. The predicted molar refractivity (Wildman–Crippen MR) is 74.9 cm³/mol. The average molecular weight is 275 g/mol. The van der Waals surface area contributed by atoms with Crippen LogP contribution in [0.5, 0.6) is 0 Å². The molecule has 0 amide bonds. The zero-order chi connectivity index (χ0) is 13.8. The topological polar surface area (TPSA) is 56.3 Å². The van der Waals surface area contributed by atoms with Gasteiger partial charge in [0.2, 0.25) is 0 Å². The Hall–Kier alpha value is -2.01. The fraction of sp³-hybridized carbons (Fsp3) is 0.214. The van der Waals surface area contributed by atoms with Crippen molar-refractivity contribution in [2.45, 2.75) is 20.0 Å². The van der Waals surface area contributed by atoms with Crippen LogP contribution in [0.3, 0.4) is 0 Å². The van der Waals surface area contributed by atoms with Crippen molar-refractivity contribution in [1.82, 2.24) is 4.98 Å². The summed E-state index contributed by atoms with van der Waals surface area (Å²) in [4.78, 5) is 26.8. The van der Waals surface area contributed by atoms with Crippen LogP contribution >= 0.6 is 11.3 Å². The van der Waals surface area contributed by atoms with Gasteiger partial charge in [-0.1, -0.05) is 12.1 Å². The lowest BCUT2D eigenvalue weighted by Crippen LogP contribution is -2.20. The van der Waals surface area contributed by atoms with Crippen LogP contribution in [0.2, 0.25) is 0 Å². The molecule has 2 rings (SSSR count). The van der Waals surface area contributed by atoms with Gasteiger partial charge in [-0.3, -0.25) is 4.79 Å². The highest BCUT2D eigenvalue weighted by Crippen LogP contribution is 2.22. The minimum Gasteiger partial charge on any atom is -0.452 e. The number of nitrogens with zero attached hydrogens (tertiary/aromatic N) is 1. The summed E-state index contributed by atoms with van der Waals surface area (Å²) in [5, 5.41) is 0.730. The molecule has 98 valence electrons. The average Bonchev–Trinajstić information content (AvgIpc) is 2.78. The first kappa shape index (κ1) is 13.4. The summed E-state index contributed by atoms with van der Waals surface area (Å²) in [6.45, 7) is 2.93. The van der Waals surface area contributed by atoms with E-state index < -0.39 is 12.1 Å². The van der Waals surface area contributed by atoms with Crippen LogP contribution in [-0.2, 0) is 14.3 Å². The number of esters is 1. The van der Waals surface area contributed by atoms with Gasteiger partial charge in [-0.15, -0.1) is 11.3 Å². The third-order valence-corrected chi connectivity index (χ3v) is 3.54. The van der Waals surface area contributed by atoms with Gasteiger partial charge >= 0.3 is 5.97 Å². The maximum atomic E-state index is 11.5. The molecule has 0 radical (unpaired) electrons. The molecule has 2 aromatic rings. The number of thiazole rings is 1. The van der Waals surface area contributed by atoms with Gasteiger partial charge in [0.15, 0.2) is 11.9 Å². The van der Waals surface area contributed by atoms with Crippen molar-refractivity contribution in [2.24, 2.45) is 0 Å². The van der Waals surface area contributed by atoms with Gasteiger partial charge in [-0.05, 0) is 32.1 Å². The highest BCUT2D eigenvalue weighted by molar-refractivity contribution is 7.19. The molecule has 19 heavy (non-hydrogen) atoms. The molecule has 0 aliphatic rings. The number of benzene rings is 1. The zero-order valence-electron chi connectivity index (χ0n) is 10.6. The van der Waals surface area contributed by atoms with Crippen molar-refractivity contribution in [3.05, 3.63) is 35.3 Å². The summed E-state index contributed by atoms with van der Waals surface area (Å²) < 4.78 is 5.97. The van der Waals surface area contributed by atoms with Crippen LogP contribution in [0, 0.1) is 0 Å². The van der Waals surface area contributed by atoms with Gasteiger partial charge in [-0.2, -0.15) is 0 Å². The quantitative estimate of drug-likeness (QED) is 0.636. The third-order valence-electron chi connectivity index (χ3n) is 2.54. The summed E-state index contributed by atoms with van der Waals surface area (Å²) in [7, 11) is 0. The van der Waals surface area contributed by atoms with E-state index in [1.54, 1.807) is 13.0 Å². The molecule has 1 unspecified atom stereocenters. The lowest BCUT2D eigenvalue weighted by atomic mass is 10.3. The van der Waals surface area contributed by atoms with E-state index in [0.717, 1.165) is 15.2 Å². The highest BCUT2D eigenvalue weighted by atomic mass is 32.1. The Bertz CT molecular complexity index is 612. The van der Waals surface area contributed by atoms with Crippen molar-refractivity contribution in [1.29, 1.82) is 0 Å². The van der Waals surface area contributed by atoms with Gasteiger partial charge in [0.25, 0.3) is 0 Å². The Morgan fingerprint density at radius 1 is 1.37 bits per heavy atom. The predicted octanol–water partition coefficient (Wildman–Crippen LogP) is 2.83. The van der Waals surface area contributed by atoms with Crippen LogP contribution in [0.15, 0.2) is 30.3 Å². The molecule has 1 aromatic heterocycles. The number of hydrogen-bond acceptors (Lipinski definition) is 5. The summed E-state index contributed by atoms with van der Waals surface area (Å²) in [5.41, 5.74) is 0.901. The van der Waals surface area contributed by atoms with Gasteiger partial charge in [0.05, 0.1) is 10.2 Å². The number of carbonyl (C=O) groups is 2. The number of hydrogen-bond donors (Lipinski definition) is 0. The maximum Gasteiger partial charge on any atom is 0.331 e. The van der Waals surface area contributed by atoms with Crippen LogP contribution in [0.1, 0.15) is 18.9 Å². The van der Waals surface area contributed by atoms with Crippen molar-refractivity contribution in [3.63, 3.8) is 0 Å². The molecule has 0 aliphatic carbocycles. The molecule has 0 aliphatic heterocycles. The minimum atomic E-state index is -0.715. The summed E-state index contributed by atoms with van der Waals surface area (Å²) in [6.07, 6.45) is 2.17. The van der Waals surface area contributed by atoms with Gasteiger partial charge in [0.1, 0.15) is 5.01 Å². The molecule has 1 heterocycles. The molecule has 1 aromatic carbocycles. The molecule has 0 saturated heterocycles. The molecule has 0 bridgehead atoms. The van der Waals surface area contributed by atoms with Crippen molar-refractivity contribution < 1.29 is 14.3 Å². The lowest BCUT2D eigenvalue weighted by molar-refractivity contribution is -0.148. The first-order chi connectivity index (χ1) is 9.06. The Morgan fingerprint density at radius 2 is 2.11 bits per heavy atom. The van der Waals surface area contributed by atoms with E-state index in [9.17, 15) is 9.59 Å². The second kappa shape index (κ2) is 5.75. The normalized spacial score (nSPS) is 12.7. The van der Waals surface area contributed by atoms with Crippen LogP contribution in [0.4, 0.5) is 0 Å². The molecular formula is C14H13NO3S. The maximum absolute atomic E-state index is 11.5. The molecule has 0 N–H and O–H groups in total. The van der Waals surface area contributed by atoms with Crippen LogP contribution < -0.4 is 0 Å². The van der Waals surface area contributed by atoms with Gasteiger partial charge in [0, 0.05) is 6.08 Å². The molecule has 4 nitrogen and oxygen atoms in total. The zero-order valence-corrected chi connectivity index (χ0v) is 11.4. The SMILES string of the molecule is CC(=O)C(C)OC(=O)/C=C/c1nc2ccccc2s1. The van der Waals surface area contributed by atoms with Gasteiger partial charge < -0.3 is 4.74 Å². The fourth-order valence-electron chi connectivity index (χ4n) is 1.40. The van der Waals surface area contributed by atoms with Crippen LogP contribution in [0.25, 0.3) is 16.3 Å². The minimum absolute atomic E-state index is 0.179. The van der Waals surface area contributed by atoms with Crippen molar-refractivity contribution in [3.8, 4) is 0 Å². The Balaban J connectivity index is 2.05. The van der Waals surface area contributed by atoms with E-state index >= 15 is 0 Å².